The smallest absolute Gasteiger partial charge is 0.251 e. The van der Waals surface area contributed by atoms with E-state index in [1.54, 1.807) is 10.6 Å². The minimum absolute atomic E-state index is 0.0471. The van der Waals surface area contributed by atoms with Crippen LogP contribution in [-0.2, 0) is 11.3 Å². The summed E-state index contributed by atoms with van der Waals surface area (Å²) in [6, 6.07) is 13.6. The first kappa shape index (κ1) is 25.3. The Morgan fingerprint density at radius 3 is 2.42 bits per heavy atom. The van der Waals surface area contributed by atoms with Gasteiger partial charge in [0.1, 0.15) is 0 Å². The van der Waals surface area contributed by atoms with Crippen LogP contribution in [0, 0.1) is 17.3 Å². The number of carbonyl (C=O) groups is 1. The number of hydrogen-bond donors (Lipinski definition) is 1. The topological polar surface area (TPSA) is 62.5 Å². The van der Waals surface area contributed by atoms with Crippen molar-refractivity contribution in [3.05, 3.63) is 59.0 Å². The first-order valence-corrected chi connectivity index (χ1v) is 14.2. The molecule has 2 heterocycles. The summed E-state index contributed by atoms with van der Waals surface area (Å²) in [6.45, 7) is 3.59. The first-order valence-electron chi connectivity index (χ1n) is 14.2. The molecule has 0 bridgehead atoms. The van der Waals surface area contributed by atoms with E-state index in [2.05, 4.69) is 11.8 Å². The van der Waals surface area contributed by atoms with Gasteiger partial charge in [-0.15, -0.1) is 0 Å². The normalized spacial score (nSPS) is 25.2. The zero-order valence-corrected chi connectivity index (χ0v) is 21.8. The number of carbonyl (C=O) groups excluding carboxylic acids is 1. The van der Waals surface area contributed by atoms with E-state index in [1.807, 2.05) is 42.6 Å². The lowest BCUT2D eigenvalue weighted by Gasteiger charge is -2.52. The molecule has 2 aliphatic carbocycles. The third-order valence-corrected chi connectivity index (χ3v) is 9.52. The first-order chi connectivity index (χ1) is 17.4. The second kappa shape index (κ2) is 10.5. The maximum atomic E-state index is 13.5. The fourth-order valence-electron chi connectivity index (χ4n) is 7.35. The van der Waals surface area contributed by atoms with Crippen LogP contribution in [0.3, 0.4) is 0 Å². The van der Waals surface area contributed by atoms with Crippen LogP contribution in [0.15, 0.2) is 53.5 Å². The molecule has 1 aromatic heterocycles. The SMILES string of the molecule is C[C@H](CC1CCCCC1)C(=O)N1CC[C@](O)(Cn2ccc(-c3ccccc3)cc2=O)C2(CCCC2)C1. The van der Waals surface area contributed by atoms with Gasteiger partial charge in [-0.3, -0.25) is 9.59 Å². The van der Waals surface area contributed by atoms with Gasteiger partial charge in [0.05, 0.1) is 12.1 Å². The Bertz CT molecular complexity index is 1100. The van der Waals surface area contributed by atoms with Gasteiger partial charge >= 0.3 is 0 Å². The molecule has 2 saturated carbocycles. The van der Waals surface area contributed by atoms with Crippen LogP contribution in [-0.4, -0.2) is 39.2 Å². The number of aliphatic hydroxyl groups is 1. The minimum atomic E-state index is -0.981. The van der Waals surface area contributed by atoms with Crippen molar-refractivity contribution in [2.75, 3.05) is 13.1 Å². The molecular formula is C31H42N2O3. The number of nitrogens with zero attached hydrogens (tertiary/aromatic N) is 2. The molecule has 5 heteroatoms. The molecule has 1 N–H and O–H groups in total. The van der Waals surface area contributed by atoms with Gasteiger partial charge in [-0.05, 0) is 48.8 Å². The molecule has 3 fully saturated rings. The van der Waals surface area contributed by atoms with Crippen molar-refractivity contribution >= 4 is 5.91 Å². The number of pyridine rings is 1. The van der Waals surface area contributed by atoms with E-state index in [4.69, 9.17) is 0 Å². The second-order valence-electron chi connectivity index (χ2n) is 11.9. The van der Waals surface area contributed by atoms with Gasteiger partial charge in [-0.2, -0.15) is 0 Å². The lowest BCUT2D eigenvalue weighted by Crippen LogP contribution is -2.62. The summed E-state index contributed by atoms with van der Waals surface area (Å²) in [5, 5.41) is 12.1. The summed E-state index contributed by atoms with van der Waals surface area (Å²) in [5.74, 6) is 0.995. The molecule has 1 spiro atoms. The van der Waals surface area contributed by atoms with E-state index in [1.165, 1.54) is 32.1 Å². The highest BCUT2D eigenvalue weighted by Crippen LogP contribution is 2.51. The molecule has 0 radical (unpaired) electrons. The fourth-order valence-corrected chi connectivity index (χ4v) is 7.35. The molecule has 194 valence electrons. The average Bonchev–Trinajstić information content (AvgIpc) is 3.38. The van der Waals surface area contributed by atoms with E-state index < -0.39 is 5.60 Å². The third-order valence-electron chi connectivity index (χ3n) is 9.52. The number of hydrogen-bond acceptors (Lipinski definition) is 3. The summed E-state index contributed by atoms with van der Waals surface area (Å²) in [5.41, 5.74) is 0.514. The van der Waals surface area contributed by atoms with E-state index in [9.17, 15) is 14.7 Å². The van der Waals surface area contributed by atoms with Crippen molar-refractivity contribution < 1.29 is 9.90 Å². The van der Waals surface area contributed by atoms with Crippen LogP contribution in [0.25, 0.3) is 11.1 Å². The predicted molar refractivity (Wildman–Crippen MR) is 144 cm³/mol. The molecule has 1 amide bonds. The maximum Gasteiger partial charge on any atom is 0.251 e. The molecule has 1 saturated heterocycles. The Morgan fingerprint density at radius 2 is 1.72 bits per heavy atom. The van der Waals surface area contributed by atoms with Crippen LogP contribution in [0.1, 0.15) is 77.6 Å². The number of amides is 1. The van der Waals surface area contributed by atoms with E-state index in [-0.39, 0.29) is 22.8 Å². The average molecular weight is 491 g/mol. The van der Waals surface area contributed by atoms with Gasteiger partial charge in [-0.25, -0.2) is 0 Å². The van der Waals surface area contributed by atoms with Gasteiger partial charge < -0.3 is 14.6 Å². The van der Waals surface area contributed by atoms with Gasteiger partial charge in [0.2, 0.25) is 5.91 Å². The minimum Gasteiger partial charge on any atom is -0.387 e. The molecule has 2 atom stereocenters. The van der Waals surface area contributed by atoms with E-state index >= 15 is 0 Å². The molecule has 5 rings (SSSR count). The van der Waals surface area contributed by atoms with Crippen LogP contribution in [0.2, 0.25) is 0 Å². The molecule has 1 aromatic carbocycles. The largest absolute Gasteiger partial charge is 0.387 e. The summed E-state index contributed by atoms with van der Waals surface area (Å²) in [6.07, 6.45) is 13.8. The number of aromatic nitrogens is 1. The molecule has 5 nitrogen and oxygen atoms in total. The Kier molecular flexibility index (Phi) is 7.39. The third kappa shape index (κ3) is 5.04. The predicted octanol–water partition coefficient (Wildman–Crippen LogP) is 5.65. The van der Waals surface area contributed by atoms with Gasteiger partial charge in [-0.1, -0.05) is 82.2 Å². The van der Waals surface area contributed by atoms with Crippen molar-refractivity contribution in [1.29, 1.82) is 0 Å². The second-order valence-corrected chi connectivity index (χ2v) is 11.9. The lowest BCUT2D eigenvalue weighted by molar-refractivity contribution is -0.163. The van der Waals surface area contributed by atoms with Gasteiger partial charge in [0.25, 0.3) is 5.56 Å². The van der Waals surface area contributed by atoms with Crippen molar-refractivity contribution in [2.24, 2.45) is 17.3 Å². The highest BCUT2D eigenvalue weighted by atomic mass is 16.3. The van der Waals surface area contributed by atoms with E-state index in [0.29, 0.717) is 32.0 Å². The molecule has 2 aromatic rings. The van der Waals surface area contributed by atoms with E-state index in [0.717, 1.165) is 43.2 Å². The molecule has 36 heavy (non-hydrogen) atoms. The van der Waals surface area contributed by atoms with Crippen LogP contribution in [0.5, 0.6) is 0 Å². The Balaban J connectivity index is 1.31. The zero-order valence-electron chi connectivity index (χ0n) is 21.8. The van der Waals surface area contributed by atoms with Crippen molar-refractivity contribution in [2.45, 2.75) is 89.7 Å². The summed E-state index contributed by atoms with van der Waals surface area (Å²) < 4.78 is 1.68. The zero-order chi connectivity index (χ0) is 25.2. The van der Waals surface area contributed by atoms with Crippen LogP contribution >= 0.6 is 0 Å². The Morgan fingerprint density at radius 1 is 1.00 bits per heavy atom. The number of piperidine rings is 1. The number of likely N-dealkylation sites (tertiary alicyclic amines) is 1. The van der Waals surface area contributed by atoms with Crippen LogP contribution < -0.4 is 5.56 Å². The quantitative estimate of drug-likeness (QED) is 0.570. The lowest BCUT2D eigenvalue weighted by atomic mass is 9.65. The highest BCUT2D eigenvalue weighted by Gasteiger charge is 2.55. The summed E-state index contributed by atoms with van der Waals surface area (Å²) in [4.78, 5) is 28.6. The van der Waals surface area contributed by atoms with Gasteiger partial charge in [0.15, 0.2) is 0 Å². The van der Waals surface area contributed by atoms with Gasteiger partial charge in [0, 0.05) is 36.7 Å². The number of benzene rings is 1. The summed E-state index contributed by atoms with van der Waals surface area (Å²) in [7, 11) is 0. The molecule has 1 aliphatic heterocycles. The fraction of sp³-hybridized carbons (Fsp3) is 0.613. The molecule has 0 unspecified atom stereocenters. The Hall–Kier alpha value is -2.40. The Labute approximate surface area is 215 Å². The molecular weight excluding hydrogens is 448 g/mol. The standard InChI is InChI=1S/C31H42N2O3/c1-24(20-25-10-4-2-5-11-25)29(35)33-19-17-31(36,30(22-33)15-8-9-16-30)23-32-18-14-27(21-28(32)34)26-12-6-3-7-13-26/h3,6-7,12-14,18,21,24-25,36H,2,4-5,8-11,15-17,19-20,22-23H2,1H3/t24-,31+/m1/s1. The summed E-state index contributed by atoms with van der Waals surface area (Å²) >= 11 is 0. The highest BCUT2D eigenvalue weighted by molar-refractivity contribution is 5.78. The molecule has 3 aliphatic rings. The van der Waals surface area contributed by atoms with Crippen molar-refractivity contribution in [3.63, 3.8) is 0 Å². The number of rotatable bonds is 6. The monoisotopic (exact) mass is 490 g/mol. The maximum absolute atomic E-state index is 13.5. The van der Waals surface area contributed by atoms with Crippen LogP contribution in [0.4, 0.5) is 0 Å². The van der Waals surface area contributed by atoms with Crippen molar-refractivity contribution in [1.82, 2.24) is 9.47 Å². The van der Waals surface area contributed by atoms with Crippen molar-refractivity contribution in [3.8, 4) is 11.1 Å².